The van der Waals surface area contributed by atoms with Crippen LogP contribution in [-0.4, -0.2) is 20.7 Å². The van der Waals surface area contributed by atoms with Crippen molar-refractivity contribution in [1.82, 2.24) is 9.97 Å². The van der Waals surface area contributed by atoms with Gasteiger partial charge in [-0.2, -0.15) is 4.98 Å². The second kappa shape index (κ2) is 13.2. The summed E-state index contributed by atoms with van der Waals surface area (Å²) < 4.78 is 9.09. The molecule has 2 rings (SSSR count). The first-order valence-corrected chi connectivity index (χ1v) is 12.0. The van der Waals surface area contributed by atoms with E-state index in [4.69, 9.17) is 21.5 Å². The number of benzene rings is 1. The summed E-state index contributed by atoms with van der Waals surface area (Å²) in [5.41, 5.74) is 10.2. The lowest BCUT2D eigenvalue weighted by molar-refractivity contribution is 0.698. The Balaban J connectivity index is 0.000000828. The number of nitrogens with zero attached hydrogens (tertiary/aromatic N) is 2. The zero-order valence-corrected chi connectivity index (χ0v) is 18.6. The lowest BCUT2D eigenvalue weighted by atomic mass is 10.0. The molecule has 0 aliphatic carbocycles. The van der Waals surface area contributed by atoms with Crippen molar-refractivity contribution in [2.45, 2.75) is 45.4 Å². The predicted molar refractivity (Wildman–Crippen MR) is 118 cm³/mol. The molecule has 0 spiro atoms. The van der Waals surface area contributed by atoms with E-state index in [0.717, 1.165) is 42.0 Å². The standard InChI is InChI=1S/C18H25ClN4.Cl2OS/c1-3-4-5-10-21-17-16(13(2)22-18(20)23-17)11-14-6-8-15(12-19)9-7-14;1-4(2)3/h6-9H,3-5,10-12H2,1-2H3,(H3,20,21,22,23);. The highest BCUT2D eigenvalue weighted by Crippen LogP contribution is 2.22. The van der Waals surface area contributed by atoms with E-state index in [1.807, 2.05) is 6.92 Å². The van der Waals surface area contributed by atoms with Crippen LogP contribution < -0.4 is 11.1 Å². The van der Waals surface area contributed by atoms with Gasteiger partial charge in [-0.3, -0.25) is 0 Å². The highest BCUT2D eigenvalue weighted by molar-refractivity contribution is 8.26. The number of hydrogen-bond acceptors (Lipinski definition) is 5. The molecule has 0 amide bonds. The smallest absolute Gasteiger partial charge is 0.222 e. The van der Waals surface area contributed by atoms with Gasteiger partial charge in [0.1, 0.15) is 5.82 Å². The van der Waals surface area contributed by atoms with Crippen molar-refractivity contribution in [3.63, 3.8) is 0 Å². The van der Waals surface area contributed by atoms with Crippen LogP contribution in [0.1, 0.15) is 48.6 Å². The summed E-state index contributed by atoms with van der Waals surface area (Å²) in [7, 11) is 7.36. The molecule has 0 saturated heterocycles. The van der Waals surface area contributed by atoms with Gasteiger partial charge in [0.15, 0.2) is 0 Å². The maximum absolute atomic E-state index is 9.09. The number of unbranched alkanes of at least 4 members (excludes halogenated alkanes) is 2. The topological polar surface area (TPSA) is 80.9 Å². The van der Waals surface area contributed by atoms with E-state index in [9.17, 15) is 0 Å². The van der Waals surface area contributed by atoms with E-state index in [1.54, 1.807) is 0 Å². The van der Waals surface area contributed by atoms with Gasteiger partial charge in [0, 0.05) is 51.5 Å². The first-order valence-electron chi connectivity index (χ1n) is 8.62. The van der Waals surface area contributed by atoms with Crippen molar-refractivity contribution in [2.24, 2.45) is 0 Å². The Morgan fingerprint density at radius 2 is 1.70 bits per heavy atom. The number of halogens is 3. The SMILES string of the molecule is CCCCCNc1nc(N)nc(C)c1Cc1ccc(CCl)cc1.O=S(Cl)Cl. The van der Waals surface area contributed by atoms with Crippen LogP contribution in [0, 0.1) is 6.92 Å². The first kappa shape index (κ1) is 24.0. The molecule has 0 fully saturated rings. The number of aromatic nitrogens is 2. The van der Waals surface area contributed by atoms with Crippen molar-refractivity contribution in [3.8, 4) is 0 Å². The van der Waals surface area contributed by atoms with Gasteiger partial charge in [0.25, 0.3) is 0 Å². The molecule has 1 aromatic carbocycles. The molecule has 0 bridgehead atoms. The Bertz CT molecular complexity index is 725. The van der Waals surface area contributed by atoms with E-state index >= 15 is 0 Å². The minimum absolute atomic E-state index is 0.321. The Labute approximate surface area is 177 Å². The molecule has 1 heterocycles. The Morgan fingerprint density at radius 3 is 2.26 bits per heavy atom. The number of nitrogens with one attached hydrogen (secondary N) is 1. The maximum Gasteiger partial charge on any atom is 0.222 e. The van der Waals surface area contributed by atoms with Gasteiger partial charge in [0.05, 0.1) is 0 Å². The number of alkyl halides is 1. The van der Waals surface area contributed by atoms with Gasteiger partial charge in [-0.15, -0.1) is 11.6 Å². The van der Waals surface area contributed by atoms with Crippen molar-refractivity contribution in [2.75, 3.05) is 17.6 Å². The highest BCUT2D eigenvalue weighted by Gasteiger charge is 2.11. The molecular weight excluding hydrogens is 427 g/mol. The first-order chi connectivity index (χ1) is 12.9. The quantitative estimate of drug-likeness (QED) is 0.321. The highest BCUT2D eigenvalue weighted by atomic mass is 36.0. The molecule has 0 radical (unpaired) electrons. The molecule has 5 nitrogen and oxygen atoms in total. The van der Waals surface area contributed by atoms with Crippen LogP contribution in [0.15, 0.2) is 24.3 Å². The van der Waals surface area contributed by atoms with E-state index in [0.29, 0.717) is 11.8 Å². The molecule has 2 aromatic rings. The fourth-order valence-electron chi connectivity index (χ4n) is 2.51. The number of rotatable bonds is 8. The van der Waals surface area contributed by atoms with Gasteiger partial charge in [-0.05, 0) is 24.5 Å². The van der Waals surface area contributed by atoms with E-state index in [2.05, 4.69) is 67.8 Å². The molecular formula is C18H25Cl3N4OS. The zero-order valence-electron chi connectivity index (χ0n) is 15.5. The Morgan fingerprint density at radius 1 is 1.11 bits per heavy atom. The monoisotopic (exact) mass is 450 g/mol. The van der Waals surface area contributed by atoms with E-state index < -0.39 is 9.23 Å². The Hall–Kier alpha value is -1.08. The predicted octanol–water partition coefficient (Wildman–Crippen LogP) is 5.34. The van der Waals surface area contributed by atoms with Gasteiger partial charge in [-0.25, -0.2) is 9.19 Å². The minimum Gasteiger partial charge on any atom is -0.370 e. The lowest BCUT2D eigenvalue weighted by Gasteiger charge is -2.14. The summed E-state index contributed by atoms with van der Waals surface area (Å²) >= 11 is 5.85. The third-order valence-electron chi connectivity index (χ3n) is 3.86. The summed E-state index contributed by atoms with van der Waals surface area (Å²) in [6, 6.07) is 8.33. The zero-order chi connectivity index (χ0) is 20.2. The fourth-order valence-corrected chi connectivity index (χ4v) is 2.69. The molecule has 1 aromatic heterocycles. The van der Waals surface area contributed by atoms with E-state index in [-0.39, 0.29) is 0 Å². The summed E-state index contributed by atoms with van der Waals surface area (Å²) in [6.07, 6.45) is 4.32. The van der Waals surface area contributed by atoms with Gasteiger partial charge in [0.2, 0.25) is 15.2 Å². The second-order valence-electron chi connectivity index (χ2n) is 5.94. The molecule has 0 saturated carbocycles. The minimum atomic E-state index is -1.67. The lowest BCUT2D eigenvalue weighted by Crippen LogP contribution is -2.11. The van der Waals surface area contributed by atoms with Gasteiger partial charge in [-0.1, -0.05) is 44.0 Å². The summed E-state index contributed by atoms with van der Waals surface area (Å²) in [5, 5.41) is 3.42. The average molecular weight is 452 g/mol. The van der Waals surface area contributed by atoms with Crippen molar-refractivity contribution < 1.29 is 4.21 Å². The fraction of sp³-hybridized carbons (Fsp3) is 0.444. The van der Waals surface area contributed by atoms with Crippen LogP contribution in [0.25, 0.3) is 0 Å². The molecule has 150 valence electrons. The third-order valence-corrected chi connectivity index (χ3v) is 4.17. The molecule has 27 heavy (non-hydrogen) atoms. The summed E-state index contributed by atoms with van der Waals surface area (Å²) in [6.45, 7) is 5.09. The molecule has 0 aliphatic heterocycles. The van der Waals surface area contributed by atoms with Crippen LogP contribution >= 0.6 is 33.0 Å². The molecule has 0 unspecified atom stereocenters. The van der Waals surface area contributed by atoms with Crippen LogP contribution in [-0.2, 0) is 21.5 Å². The number of nitrogen functional groups attached to an aromatic ring is 1. The average Bonchev–Trinajstić information content (AvgIpc) is 2.61. The van der Waals surface area contributed by atoms with Gasteiger partial charge < -0.3 is 11.1 Å². The summed E-state index contributed by atoms with van der Waals surface area (Å²) in [4.78, 5) is 8.71. The van der Waals surface area contributed by atoms with Crippen LogP contribution in [0.5, 0.6) is 0 Å². The second-order valence-corrected chi connectivity index (χ2v) is 8.73. The Kier molecular flexibility index (Phi) is 11.7. The van der Waals surface area contributed by atoms with Crippen LogP contribution in [0.3, 0.4) is 0 Å². The van der Waals surface area contributed by atoms with Crippen LogP contribution in [0.2, 0.25) is 0 Å². The largest absolute Gasteiger partial charge is 0.370 e. The molecule has 0 atom stereocenters. The summed E-state index contributed by atoms with van der Waals surface area (Å²) in [5.74, 6) is 1.71. The van der Waals surface area contributed by atoms with Crippen molar-refractivity contribution in [3.05, 3.63) is 46.6 Å². The van der Waals surface area contributed by atoms with Gasteiger partial charge >= 0.3 is 0 Å². The number of hydrogen-bond donors (Lipinski definition) is 2. The van der Waals surface area contributed by atoms with Crippen molar-refractivity contribution >= 4 is 54.0 Å². The normalized spacial score (nSPS) is 10.4. The molecule has 0 aliphatic rings. The third kappa shape index (κ3) is 9.60. The maximum atomic E-state index is 9.09. The van der Waals surface area contributed by atoms with Crippen molar-refractivity contribution in [1.29, 1.82) is 0 Å². The number of nitrogens with two attached hydrogens (primary N) is 1. The molecule has 9 heteroatoms. The van der Waals surface area contributed by atoms with Crippen LogP contribution in [0.4, 0.5) is 11.8 Å². The number of aryl methyl sites for hydroxylation is 1. The molecule has 3 N–H and O–H groups in total. The number of anilines is 2. The van der Waals surface area contributed by atoms with E-state index in [1.165, 1.54) is 18.4 Å².